The fourth-order valence-corrected chi connectivity index (χ4v) is 5.88. The van der Waals surface area contributed by atoms with Crippen LogP contribution in [-0.4, -0.2) is 58.0 Å². The lowest BCUT2D eigenvalue weighted by Gasteiger charge is -2.32. The molecule has 9 heteroatoms. The van der Waals surface area contributed by atoms with Crippen LogP contribution in [0.15, 0.2) is 36.8 Å². The first-order chi connectivity index (χ1) is 17.3. The Morgan fingerprint density at radius 2 is 2.03 bits per heavy atom. The average molecular weight is 507 g/mol. The summed E-state index contributed by atoms with van der Waals surface area (Å²) in [6.07, 6.45) is 6.15. The van der Waals surface area contributed by atoms with E-state index in [0.717, 1.165) is 40.8 Å². The molecule has 4 aromatic rings. The lowest BCUT2D eigenvalue weighted by Crippen LogP contribution is -2.37. The third kappa shape index (κ3) is 4.82. The van der Waals surface area contributed by atoms with Crippen molar-refractivity contribution in [2.45, 2.75) is 58.3 Å². The number of pyridine rings is 1. The van der Waals surface area contributed by atoms with E-state index in [9.17, 15) is 13.6 Å². The molecule has 1 aliphatic heterocycles. The van der Waals surface area contributed by atoms with Crippen molar-refractivity contribution in [3.63, 3.8) is 0 Å². The normalized spacial score (nSPS) is 15.9. The molecular weight excluding hydrogens is 474 g/mol. The number of benzene rings is 1. The molecule has 1 aromatic carbocycles. The third-order valence-corrected chi connectivity index (χ3v) is 7.93. The van der Waals surface area contributed by atoms with Crippen molar-refractivity contribution in [1.29, 1.82) is 0 Å². The standard InChI is InChI=1S/C27H33N5O3S/c1-17(2)25-22-14-20(19-8-10-31(11-9-19)24(33)5-4-12-36(34)35)6-7-23(22)30-26(25)21-13-18(3)27-28-16-29-32(27)15-21/h6-7,13-17,19,30H,4-5,8-12H2,1-3H3,(H,34,35)/p-1. The van der Waals surface area contributed by atoms with Crippen LogP contribution in [0.1, 0.15) is 68.1 Å². The first kappa shape index (κ1) is 24.6. The fraction of sp³-hybridized carbons (Fsp3) is 0.444. The smallest absolute Gasteiger partial charge is 0.222 e. The maximum atomic E-state index is 12.5. The maximum Gasteiger partial charge on any atom is 0.222 e. The lowest BCUT2D eigenvalue weighted by molar-refractivity contribution is -0.132. The number of carbonyl (C=O) groups excluding carboxylic acids is 1. The molecule has 1 atom stereocenters. The third-order valence-electron chi connectivity index (χ3n) is 7.31. The molecular formula is C27H32N5O3S-. The molecule has 5 rings (SSSR count). The minimum Gasteiger partial charge on any atom is -0.772 e. The lowest BCUT2D eigenvalue weighted by atomic mass is 9.87. The van der Waals surface area contributed by atoms with Gasteiger partial charge < -0.3 is 14.4 Å². The molecule has 0 radical (unpaired) electrons. The first-order valence-corrected chi connectivity index (χ1v) is 13.9. The summed E-state index contributed by atoms with van der Waals surface area (Å²) in [6, 6.07) is 8.89. The summed E-state index contributed by atoms with van der Waals surface area (Å²) in [5, 5.41) is 5.60. The van der Waals surface area contributed by atoms with E-state index in [4.69, 9.17) is 0 Å². The topological polar surface area (TPSA) is 106 Å². The van der Waals surface area contributed by atoms with Gasteiger partial charge >= 0.3 is 0 Å². The number of likely N-dealkylation sites (tertiary alicyclic amines) is 1. The van der Waals surface area contributed by atoms with Crippen LogP contribution in [0.4, 0.5) is 0 Å². The SMILES string of the molecule is Cc1cc(-c2[nH]c3ccc(C4CCN(C(=O)CCCS(=O)[O-])CC4)cc3c2C(C)C)cn2ncnc12. The summed E-state index contributed by atoms with van der Waals surface area (Å²) >= 11 is -2.08. The molecule has 0 bridgehead atoms. The summed E-state index contributed by atoms with van der Waals surface area (Å²) in [4.78, 5) is 22.4. The predicted octanol–water partition coefficient (Wildman–Crippen LogP) is 4.67. The summed E-state index contributed by atoms with van der Waals surface area (Å²) in [6.45, 7) is 7.95. The van der Waals surface area contributed by atoms with Gasteiger partial charge in [-0.1, -0.05) is 31.0 Å². The van der Waals surface area contributed by atoms with E-state index in [1.807, 2.05) is 15.6 Å². The van der Waals surface area contributed by atoms with Crippen LogP contribution in [0.25, 0.3) is 27.8 Å². The second-order valence-electron chi connectivity index (χ2n) is 10.1. The van der Waals surface area contributed by atoms with Gasteiger partial charge in [-0.2, -0.15) is 5.10 Å². The van der Waals surface area contributed by atoms with E-state index in [0.29, 0.717) is 37.8 Å². The Balaban J connectivity index is 1.39. The van der Waals surface area contributed by atoms with Gasteiger partial charge in [0.1, 0.15) is 6.33 Å². The summed E-state index contributed by atoms with van der Waals surface area (Å²) in [5.41, 5.74) is 7.91. The van der Waals surface area contributed by atoms with Crippen LogP contribution < -0.4 is 0 Å². The minimum absolute atomic E-state index is 0.0469. The van der Waals surface area contributed by atoms with E-state index < -0.39 is 11.1 Å². The molecule has 0 aliphatic carbocycles. The highest BCUT2D eigenvalue weighted by Gasteiger charge is 2.25. The van der Waals surface area contributed by atoms with E-state index in [1.165, 1.54) is 16.5 Å². The Morgan fingerprint density at radius 3 is 2.75 bits per heavy atom. The van der Waals surface area contributed by atoms with E-state index in [1.54, 1.807) is 6.33 Å². The molecule has 190 valence electrons. The van der Waals surface area contributed by atoms with Crippen LogP contribution in [0.2, 0.25) is 0 Å². The number of hydrogen-bond acceptors (Lipinski definition) is 5. The molecule has 1 saturated heterocycles. The quantitative estimate of drug-likeness (QED) is 0.367. The predicted molar refractivity (Wildman–Crippen MR) is 141 cm³/mol. The van der Waals surface area contributed by atoms with E-state index >= 15 is 0 Å². The van der Waals surface area contributed by atoms with Gasteiger partial charge in [-0.3, -0.25) is 9.00 Å². The van der Waals surface area contributed by atoms with Crippen LogP contribution in [0.5, 0.6) is 0 Å². The molecule has 1 aliphatic rings. The molecule has 3 aromatic heterocycles. The number of H-pyrrole nitrogens is 1. The van der Waals surface area contributed by atoms with Gasteiger partial charge in [-0.25, -0.2) is 9.50 Å². The van der Waals surface area contributed by atoms with Gasteiger partial charge in [0.05, 0.1) is 5.69 Å². The number of nitrogens with zero attached hydrogens (tertiary/aromatic N) is 4. The van der Waals surface area contributed by atoms with Crippen molar-refractivity contribution in [2.24, 2.45) is 0 Å². The number of nitrogens with one attached hydrogen (secondary N) is 1. The highest BCUT2D eigenvalue weighted by Crippen LogP contribution is 2.38. The molecule has 4 heterocycles. The highest BCUT2D eigenvalue weighted by molar-refractivity contribution is 7.79. The molecule has 1 fully saturated rings. The van der Waals surface area contributed by atoms with Gasteiger partial charge in [-0.15, -0.1) is 0 Å². The van der Waals surface area contributed by atoms with Crippen LogP contribution in [0.3, 0.4) is 0 Å². The molecule has 0 saturated carbocycles. The fourth-order valence-electron chi connectivity index (χ4n) is 5.50. The van der Waals surface area contributed by atoms with Crippen LogP contribution in [0, 0.1) is 6.92 Å². The van der Waals surface area contributed by atoms with Crippen LogP contribution >= 0.6 is 0 Å². The maximum absolute atomic E-state index is 12.5. The number of hydrogen-bond donors (Lipinski definition) is 1. The van der Waals surface area contributed by atoms with E-state index in [-0.39, 0.29) is 11.7 Å². The summed E-state index contributed by atoms with van der Waals surface area (Å²) in [5.74, 6) is 0.843. The van der Waals surface area contributed by atoms with Crippen molar-refractivity contribution >= 4 is 33.5 Å². The zero-order valence-corrected chi connectivity index (χ0v) is 21.8. The minimum atomic E-state index is -2.08. The van der Waals surface area contributed by atoms with Crippen LogP contribution in [-0.2, 0) is 15.9 Å². The summed E-state index contributed by atoms with van der Waals surface area (Å²) in [7, 11) is 0. The summed E-state index contributed by atoms with van der Waals surface area (Å²) < 4.78 is 23.3. The molecule has 8 nitrogen and oxygen atoms in total. The van der Waals surface area contributed by atoms with Crippen molar-refractivity contribution in [3.05, 3.63) is 53.5 Å². The molecule has 0 spiro atoms. The molecule has 1 N–H and O–H groups in total. The Morgan fingerprint density at radius 1 is 1.25 bits per heavy atom. The Hall–Kier alpha value is -3.04. The molecule has 1 amide bonds. The zero-order valence-electron chi connectivity index (χ0n) is 21.0. The first-order valence-electron chi connectivity index (χ1n) is 12.6. The second kappa shape index (κ2) is 10.1. The number of amides is 1. The molecule has 1 unspecified atom stereocenters. The molecule has 36 heavy (non-hydrogen) atoms. The Labute approximate surface area is 213 Å². The number of carbonyl (C=O) groups is 1. The van der Waals surface area contributed by atoms with Crippen molar-refractivity contribution in [1.82, 2.24) is 24.5 Å². The van der Waals surface area contributed by atoms with Gasteiger partial charge in [0, 0.05) is 47.9 Å². The van der Waals surface area contributed by atoms with E-state index in [2.05, 4.69) is 60.1 Å². The van der Waals surface area contributed by atoms with Crippen molar-refractivity contribution in [3.8, 4) is 11.3 Å². The van der Waals surface area contributed by atoms with Crippen molar-refractivity contribution in [2.75, 3.05) is 18.8 Å². The Kier molecular flexibility index (Phi) is 6.94. The number of rotatable bonds is 7. The number of aromatic amines is 1. The van der Waals surface area contributed by atoms with Crippen molar-refractivity contribution < 1.29 is 13.6 Å². The number of fused-ring (bicyclic) bond motifs is 2. The second-order valence-corrected chi connectivity index (χ2v) is 11.1. The number of piperidine rings is 1. The van der Waals surface area contributed by atoms with Gasteiger partial charge in [-0.05, 0) is 72.9 Å². The Bertz CT molecular complexity index is 1430. The largest absolute Gasteiger partial charge is 0.772 e. The van der Waals surface area contributed by atoms with Gasteiger partial charge in [0.2, 0.25) is 5.91 Å². The average Bonchev–Trinajstić information content (AvgIpc) is 3.48. The number of aryl methyl sites for hydroxylation is 1. The zero-order chi connectivity index (χ0) is 25.4. The number of aromatic nitrogens is 4. The van der Waals surface area contributed by atoms with Gasteiger partial charge in [0.25, 0.3) is 0 Å². The van der Waals surface area contributed by atoms with Gasteiger partial charge in [0.15, 0.2) is 5.65 Å². The monoisotopic (exact) mass is 506 g/mol. The highest BCUT2D eigenvalue weighted by atomic mass is 32.2.